The fourth-order valence-electron chi connectivity index (χ4n) is 3.97. The molecule has 1 unspecified atom stereocenters. The van der Waals surface area contributed by atoms with Crippen LogP contribution in [0.4, 0.5) is 0 Å². The molecule has 2 fully saturated rings. The number of quaternary nitrogens is 1. The van der Waals surface area contributed by atoms with Crippen LogP contribution in [0.25, 0.3) is 0 Å². The first-order chi connectivity index (χ1) is 11.3. The van der Waals surface area contributed by atoms with Gasteiger partial charge in [0.15, 0.2) is 0 Å². The van der Waals surface area contributed by atoms with Crippen molar-refractivity contribution in [2.24, 2.45) is 5.92 Å². The number of carbonyl (C=O) groups is 1. The molecule has 2 heterocycles. The molecule has 2 aliphatic rings. The standard InChI is InChI=1S/C19H28N2O2/c1-23-18-9-5-7-16(13-18)14-20-10-6-8-17(15-20)19(22)21-11-3-2-4-12-21/h5,7,9,13,17H,2-4,6,8,10-12,14-15H2,1H3/p+1/t17-/m1/s1. The van der Waals surface area contributed by atoms with E-state index < -0.39 is 0 Å². The molecule has 0 aromatic heterocycles. The first-order valence-electron chi connectivity index (χ1n) is 9.01. The molecule has 4 heteroatoms. The van der Waals surface area contributed by atoms with Crippen molar-refractivity contribution in [1.29, 1.82) is 0 Å². The molecule has 0 saturated carbocycles. The number of hydrogen-bond acceptors (Lipinski definition) is 2. The Morgan fingerprint density at radius 1 is 1.26 bits per heavy atom. The zero-order valence-corrected chi connectivity index (χ0v) is 14.2. The van der Waals surface area contributed by atoms with Crippen LogP contribution < -0.4 is 9.64 Å². The summed E-state index contributed by atoms with van der Waals surface area (Å²) in [6.45, 7) is 5.08. The third kappa shape index (κ3) is 4.25. The molecule has 0 aliphatic carbocycles. The lowest BCUT2D eigenvalue weighted by Crippen LogP contribution is -3.12. The molecule has 23 heavy (non-hydrogen) atoms. The highest BCUT2D eigenvalue weighted by atomic mass is 16.5. The summed E-state index contributed by atoms with van der Waals surface area (Å²) in [6.07, 6.45) is 5.86. The van der Waals surface area contributed by atoms with Crippen LogP contribution in [0.15, 0.2) is 24.3 Å². The molecule has 3 rings (SSSR count). The number of nitrogens with one attached hydrogen (secondary N) is 1. The van der Waals surface area contributed by atoms with Gasteiger partial charge in [-0.25, -0.2) is 0 Å². The van der Waals surface area contributed by atoms with Gasteiger partial charge in [0.25, 0.3) is 0 Å². The zero-order chi connectivity index (χ0) is 16.1. The van der Waals surface area contributed by atoms with Crippen molar-refractivity contribution in [3.63, 3.8) is 0 Å². The molecule has 2 saturated heterocycles. The highest BCUT2D eigenvalue weighted by Crippen LogP contribution is 2.17. The van der Waals surface area contributed by atoms with E-state index >= 15 is 0 Å². The fraction of sp³-hybridized carbons (Fsp3) is 0.632. The van der Waals surface area contributed by atoms with Crippen LogP contribution in [0.1, 0.15) is 37.7 Å². The summed E-state index contributed by atoms with van der Waals surface area (Å²) in [5.41, 5.74) is 1.30. The predicted molar refractivity (Wildman–Crippen MR) is 90.5 cm³/mol. The van der Waals surface area contributed by atoms with Crippen molar-refractivity contribution in [1.82, 2.24) is 4.90 Å². The SMILES string of the molecule is COc1cccc(C[NH+]2CCC[C@@H](C(=O)N3CCCCC3)C2)c1. The number of methoxy groups -OCH3 is 1. The topological polar surface area (TPSA) is 34.0 Å². The number of likely N-dealkylation sites (tertiary alicyclic amines) is 2. The number of benzene rings is 1. The van der Waals surface area contributed by atoms with E-state index in [1.807, 2.05) is 12.1 Å². The molecular weight excluding hydrogens is 288 g/mol. The first-order valence-corrected chi connectivity index (χ1v) is 9.01. The lowest BCUT2D eigenvalue weighted by atomic mass is 9.95. The molecular formula is C19H29N2O2+. The lowest BCUT2D eigenvalue weighted by molar-refractivity contribution is -0.921. The van der Waals surface area contributed by atoms with Gasteiger partial charge in [0.2, 0.25) is 5.91 Å². The van der Waals surface area contributed by atoms with E-state index in [0.717, 1.165) is 44.8 Å². The van der Waals surface area contributed by atoms with Gasteiger partial charge in [0.1, 0.15) is 12.3 Å². The Balaban J connectivity index is 1.58. The van der Waals surface area contributed by atoms with E-state index in [0.29, 0.717) is 5.91 Å². The van der Waals surface area contributed by atoms with Crippen LogP contribution in [0.3, 0.4) is 0 Å². The first kappa shape index (κ1) is 16.3. The molecule has 0 spiro atoms. The minimum atomic E-state index is 0.224. The average Bonchev–Trinajstić information content (AvgIpc) is 2.62. The molecule has 1 amide bonds. The number of rotatable bonds is 4. The molecule has 2 aliphatic heterocycles. The minimum absolute atomic E-state index is 0.224. The van der Waals surface area contributed by atoms with E-state index in [-0.39, 0.29) is 5.92 Å². The Bertz CT molecular complexity index is 526. The van der Waals surface area contributed by atoms with E-state index in [9.17, 15) is 4.79 Å². The summed E-state index contributed by atoms with van der Waals surface area (Å²) < 4.78 is 5.31. The van der Waals surface area contributed by atoms with Crippen LogP contribution in [-0.2, 0) is 11.3 Å². The largest absolute Gasteiger partial charge is 0.497 e. The van der Waals surface area contributed by atoms with E-state index in [2.05, 4.69) is 17.0 Å². The van der Waals surface area contributed by atoms with Crippen LogP contribution in [0.5, 0.6) is 5.75 Å². The monoisotopic (exact) mass is 317 g/mol. The van der Waals surface area contributed by atoms with E-state index in [1.165, 1.54) is 36.3 Å². The molecule has 1 N–H and O–H groups in total. The molecule has 2 atom stereocenters. The van der Waals surface area contributed by atoms with Gasteiger partial charge in [-0.15, -0.1) is 0 Å². The van der Waals surface area contributed by atoms with Gasteiger partial charge < -0.3 is 14.5 Å². The third-order valence-electron chi connectivity index (χ3n) is 5.22. The summed E-state index contributed by atoms with van der Waals surface area (Å²) >= 11 is 0. The second kappa shape index (κ2) is 7.82. The van der Waals surface area contributed by atoms with Gasteiger partial charge >= 0.3 is 0 Å². The van der Waals surface area contributed by atoms with Gasteiger partial charge in [-0.1, -0.05) is 12.1 Å². The number of nitrogens with zero attached hydrogens (tertiary/aromatic N) is 1. The van der Waals surface area contributed by atoms with Crippen molar-refractivity contribution in [3.8, 4) is 5.75 Å². The van der Waals surface area contributed by atoms with Gasteiger partial charge in [-0.05, 0) is 44.2 Å². The number of amides is 1. The Morgan fingerprint density at radius 3 is 2.87 bits per heavy atom. The molecule has 0 radical (unpaired) electrons. The highest BCUT2D eigenvalue weighted by Gasteiger charge is 2.32. The van der Waals surface area contributed by atoms with Crippen molar-refractivity contribution in [3.05, 3.63) is 29.8 Å². The highest BCUT2D eigenvalue weighted by molar-refractivity contribution is 5.79. The Morgan fingerprint density at radius 2 is 2.09 bits per heavy atom. The second-order valence-corrected chi connectivity index (χ2v) is 6.96. The summed E-state index contributed by atoms with van der Waals surface area (Å²) in [7, 11) is 1.71. The number of ether oxygens (including phenoxy) is 1. The summed E-state index contributed by atoms with van der Waals surface area (Å²) in [4.78, 5) is 16.4. The van der Waals surface area contributed by atoms with Gasteiger partial charge in [0, 0.05) is 18.7 Å². The van der Waals surface area contributed by atoms with Crippen molar-refractivity contribution < 1.29 is 14.4 Å². The Labute approximate surface area is 139 Å². The number of piperidine rings is 2. The van der Waals surface area contributed by atoms with Crippen molar-refractivity contribution in [2.45, 2.75) is 38.6 Å². The van der Waals surface area contributed by atoms with Gasteiger partial charge in [0.05, 0.1) is 26.1 Å². The van der Waals surface area contributed by atoms with Crippen LogP contribution in [-0.4, -0.2) is 44.1 Å². The van der Waals surface area contributed by atoms with Gasteiger partial charge in [-0.3, -0.25) is 4.79 Å². The summed E-state index contributed by atoms with van der Waals surface area (Å²) in [6, 6.07) is 8.31. The molecule has 0 bridgehead atoms. The quantitative estimate of drug-likeness (QED) is 0.913. The average molecular weight is 317 g/mol. The molecule has 1 aromatic rings. The van der Waals surface area contributed by atoms with Crippen LogP contribution in [0.2, 0.25) is 0 Å². The number of hydrogen-bond donors (Lipinski definition) is 1. The zero-order valence-electron chi connectivity index (χ0n) is 14.2. The lowest BCUT2D eigenvalue weighted by Gasteiger charge is -2.34. The summed E-state index contributed by atoms with van der Waals surface area (Å²) in [5.74, 6) is 1.55. The smallest absolute Gasteiger partial charge is 0.231 e. The minimum Gasteiger partial charge on any atom is -0.497 e. The Kier molecular flexibility index (Phi) is 5.55. The van der Waals surface area contributed by atoms with E-state index in [1.54, 1.807) is 7.11 Å². The third-order valence-corrected chi connectivity index (χ3v) is 5.22. The normalized spacial score (nSPS) is 25.2. The van der Waals surface area contributed by atoms with E-state index in [4.69, 9.17) is 4.74 Å². The fourth-order valence-corrected chi connectivity index (χ4v) is 3.97. The van der Waals surface area contributed by atoms with Crippen LogP contribution >= 0.6 is 0 Å². The second-order valence-electron chi connectivity index (χ2n) is 6.96. The van der Waals surface area contributed by atoms with Crippen molar-refractivity contribution >= 4 is 5.91 Å². The number of carbonyl (C=O) groups excluding carboxylic acids is 1. The summed E-state index contributed by atoms with van der Waals surface area (Å²) in [5, 5.41) is 0. The Hall–Kier alpha value is -1.55. The van der Waals surface area contributed by atoms with Crippen molar-refractivity contribution in [2.75, 3.05) is 33.3 Å². The maximum Gasteiger partial charge on any atom is 0.231 e. The molecule has 126 valence electrons. The van der Waals surface area contributed by atoms with Crippen LogP contribution in [0, 0.1) is 5.92 Å². The molecule has 1 aromatic carbocycles. The predicted octanol–water partition coefficient (Wildman–Crippen LogP) is 1.50. The maximum atomic E-state index is 12.7. The maximum absolute atomic E-state index is 12.7. The molecule has 4 nitrogen and oxygen atoms in total. The van der Waals surface area contributed by atoms with Gasteiger partial charge in [-0.2, -0.15) is 0 Å².